The molecule has 1 unspecified atom stereocenters. The summed E-state index contributed by atoms with van der Waals surface area (Å²) in [6, 6.07) is 8.40. The number of carbonyl (C=O) groups excluding carboxylic acids is 1. The van der Waals surface area contributed by atoms with Crippen molar-refractivity contribution in [2.75, 3.05) is 13.1 Å². The van der Waals surface area contributed by atoms with Crippen LogP contribution in [0.15, 0.2) is 34.7 Å². The van der Waals surface area contributed by atoms with Gasteiger partial charge in [0.1, 0.15) is 5.58 Å². The summed E-state index contributed by atoms with van der Waals surface area (Å²) in [5, 5.41) is 10.3. The molecule has 112 valence electrons. The van der Waals surface area contributed by atoms with E-state index in [9.17, 15) is 23.1 Å². The van der Waals surface area contributed by atoms with Crippen LogP contribution in [0.3, 0.4) is 0 Å². The zero-order valence-corrected chi connectivity index (χ0v) is 10.9. The van der Waals surface area contributed by atoms with Crippen LogP contribution in [0.2, 0.25) is 0 Å². The van der Waals surface area contributed by atoms with Gasteiger partial charge >= 0.3 is 6.18 Å². The standard InChI is InChI=1S/C14H12F3NO3/c15-14(16,17)13(20)5-6-18(8-13)12(19)11-7-9-3-1-2-4-10(9)21-11/h1-4,7,20H,5-6,8H2. The lowest BCUT2D eigenvalue weighted by Gasteiger charge is -2.25. The van der Waals surface area contributed by atoms with Crippen molar-refractivity contribution in [2.24, 2.45) is 0 Å². The van der Waals surface area contributed by atoms with Crippen molar-refractivity contribution >= 4 is 16.9 Å². The number of carbonyl (C=O) groups is 1. The lowest BCUT2D eigenvalue weighted by molar-refractivity contribution is -0.253. The van der Waals surface area contributed by atoms with Gasteiger partial charge in [-0.1, -0.05) is 18.2 Å². The Bertz CT molecular complexity index is 661. The van der Waals surface area contributed by atoms with Crippen molar-refractivity contribution in [1.82, 2.24) is 4.90 Å². The normalized spacial score (nSPS) is 23.0. The van der Waals surface area contributed by atoms with Gasteiger partial charge in [0.2, 0.25) is 0 Å². The number of furan rings is 1. The van der Waals surface area contributed by atoms with Crippen LogP contribution in [0.25, 0.3) is 11.0 Å². The van der Waals surface area contributed by atoms with E-state index in [1.165, 1.54) is 6.07 Å². The Kier molecular flexibility index (Phi) is 2.98. The highest BCUT2D eigenvalue weighted by Crippen LogP contribution is 2.38. The molecule has 21 heavy (non-hydrogen) atoms. The third-order valence-electron chi connectivity index (χ3n) is 3.70. The number of aliphatic hydroxyl groups is 1. The minimum absolute atomic E-state index is 0.0253. The predicted octanol–water partition coefficient (Wildman–Crippen LogP) is 2.57. The average molecular weight is 299 g/mol. The summed E-state index contributed by atoms with van der Waals surface area (Å²) in [7, 11) is 0. The summed E-state index contributed by atoms with van der Waals surface area (Å²) >= 11 is 0. The maximum atomic E-state index is 12.7. The first-order chi connectivity index (χ1) is 9.80. The van der Waals surface area contributed by atoms with Gasteiger partial charge in [-0.25, -0.2) is 0 Å². The van der Waals surface area contributed by atoms with E-state index in [1.54, 1.807) is 24.3 Å². The number of β-amino-alcohol motifs (C(OH)–C–C–N with tert-alkyl or cyclic N) is 1. The van der Waals surface area contributed by atoms with E-state index in [0.29, 0.717) is 11.0 Å². The van der Waals surface area contributed by atoms with Crippen LogP contribution in [0, 0.1) is 0 Å². The van der Waals surface area contributed by atoms with Crippen LogP contribution < -0.4 is 0 Å². The lowest BCUT2D eigenvalue weighted by atomic mass is 10.0. The highest BCUT2D eigenvalue weighted by Gasteiger charge is 2.58. The van der Waals surface area contributed by atoms with E-state index >= 15 is 0 Å². The molecule has 3 rings (SSSR count). The van der Waals surface area contributed by atoms with Gasteiger partial charge in [0.25, 0.3) is 5.91 Å². The summed E-state index contributed by atoms with van der Waals surface area (Å²) < 4.78 is 43.6. The van der Waals surface area contributed by atoms with Crippen LogP contribution in [0.4, 0.5) is 13.2 Å². The maximum absolute atomic E-state index is 12.7. The van der Waals surface area contributed by atoms with Gasteiger partial charge in [-0.15, -0.1) is 0 Å². The molecule has 0 saturated carbocycles. The third kappa shape index (κ3) is 2.27. The van der Waals surface area contributed by atoms with Crippen molar-refractivity contribution in [3.63, 3.8) is 0 Å². The Labute approximate surface area is 117 Å². The molecule has 1 aliphatic heterocycles. The van der Waals surface area contributed by atoms with Gasteiger partial charge in [0, 0.05) is 18.4 Å². The van der Waals surface area contributed by atoms with Crippen LogP contribution in [0.5, 0.6) is 0 Å². The number of nitrogens with zero attached hydrogens (tertiary/aromatic N) is 1. The number of hydrogen-bond donors (Lipinski definition) is 1. The minimum atomic E-state index is -4.75. The van der Waals surface area contributed by atoms with E-state index in [2.05, 4.69) is 0 Å². The lowest BCUT2D eigenvalue weighted by Crippen LogP contribution is -2.48. The first-order valence-corrected chi connectivity index (χ1v) is 6.37. The fourth-order valence-corrected chi connectivity index (χ4v) is 2.44. The molecule has 0 radical (unpaired) electrons. The van der Waals surface area contributed by atoms with Crippen LogP contribution in [-0.4, -0.2) is 40.8 Å². The second-order valence-electron chi connectivity index (χ2n) is 5.15. The fourth-order valence-electron chi connectivity index (χ4n) is 2.44. The van der Waals surface area contributed by atoms with Crippen molar-refractivity contribution in [3.05, 3.63) is 36.1 Å². The molecule has 0 spiro atoms. The van der Waals surface area contributed by atoms with Crippen molar-refractivity contribution in [3.8, 4) is 0 Å². The first kappa shape index (κ1) is 13.9. The Morgan fingerprint density at radius 2 is 2.05 bits per heavy atom. The molecule has 4 nitrogen and oxygen atoms in total. The molecular formula is C14H12F3NO3. The zero-order chi connectivity index (χ0) is 15.3. The number of alkyl halides is 3. The summed E-state index contributed by atoms with van der Waals surface area (Å²) in [5.74, 6) is -0.672. The van der Waals surface area contributed by atoms with Gasteiger partial charge in [-0.05, 0) is 12.1 Å². The first-order valence-electron chi connectivity index (χ1n) is 6.37. The maximum Gasteiger partial charge on any atom is 0.419 e. The van der Waals surface area contributed by atoms with Crippen molar-refractivity contribution in [2.45, 2.75) is 18.2 Å². The van der Waals surface area contributed by atoms with E-state index in [-0.39, 0.29) is 12.3 Å². The topological polar surface area (TPSA) is 53.7 Å². The number of halogens is 3. The average Bonchev–Trinajstić information content (AvgIpc) is 3.01. The Balaban J connectivity index is 1.83. The molecule has 0 aliphatic carbocycles. The third-order valence-corrected chi connectivity index (χ3v) is 3.70. The van der Waals surface area contributed by atoms with Gasteiger partial charge < -0.3 is 14.4 Å². The van der Waals surface area contributed by atoms with Gasteiger partial charge in [0.15, 0.2) is 11.4 Å². The molecule has 1 aliphatic rings. The predicted molar refractivity (Wildman–Crippen MR) is 67.7 cm³/mol. The number of fused-ring (bicyclic) bond motifs is 1. The molecule has 1 fully saturated rings. The van der Waals surface area contributed by atoms with Crippen LogP contribution in [-0.2, 0) is 0 Å². The van der Waals surface area contributed by atoms with Crippen LogP contribution >= 0.6 is 0 Å². The van der Waals surface area contributed by atoms with Gasteiger partial charge in [0.05, 0.1) is 6.54 Å². The number of rotatable bonds is 1. The van der Waals surface area contributed by atoms with Crippen molar-refractivity contribution in [1.29, 1.82) is 0 Å². The Hall–Kier alpha value is -2.02. The number of likely N-dealkylation sites (tertiary alicyclic amines) is 1. The highest BCUT2D eigenvalue weighted by molar-refractivity contribution is 5.96. The highest BCUT2D eigenvalue weighted by atomic mass is 19.4. The fraction of sp³-hybridized carbons (Fsp3) is 0.357. The van der Waals surface area contributed by atoms with Crippen LogP contribution in [0.1, 0.15) is 17.0 Å². The van der Waals surface area contributed by atoms with Gasteiger partial charge in [-0.3, -0.25) is 4.79 Å². The molecule has 1 N–H and O–H groups in total. The number of para-hydroxylation sites is 1. The summed E-state index contributed by atoms with van der Waals surface area (Å²) in [5.41, 5.74) is -2.35. The summed E-state index contributed by atoms with van der Waals surface area (Å²) in [4.78, 5) is 13.1. The molecular weight excluding hydrogens is 287 g/mol. The van der Waals surface area contributed by atoms with Gasteiger partial charge in [-0.2, -0.15) is 13.2 Å². The van der Waals surface area contributed by atoms with E-state index in [1.807, 2.05) is 0 Å². The van der Waals surface area contributed by atoms with Crippen molar-refractivity contribution < 1.29 is 27.5 Å². The van der Waals surface area contributed by atoms with E-state index in [4.69, 9.17) is 4.42 Å². The molecule has 0 bridgehead atoms. The Morgan fingerprint density at radius 3 is 2.67 bits per heavy atom. The van der Waals surface area contributed by atoms with E-state index in [0.717, 1.165) is 4.90 Å². The molecule has 1 amide bonds. The number of benzene rings is 1. The minimum Gasteiger partial charge on any atom is -0.451 e. The molecule has 1 aromatic carbocycles. The molecule has 1 saturated heterocycles. The summed E-state index contributed by atoms with van der Waals surface area (Å²) in [6.07, 6.45) is -5.28. The molecule has 2 aromatic rings. The molecule has 1 atom stereocenters. The number of amides is 1. The molecule has 7 heteroatoms. The smallest absolute Gasteiger partial charge is 0.419 e. The quantitative estimate of drug-likeness (QED) is 0.880. The molecule has 2 heterocycles. The number of hydrogen-bond acceptors (Lipinski definition) is 3. The molecule has 1 aromatic heterocycles. The largest absolute Gasteiger partial charge is 0.451 e. The second-order valence-corrected chi connectivity index (χ2v) is 5.15. The second kappa shape index (κ2) is 4.49. The Morgan fingerprint density at radius 1 is 1.33 bits per heavy atom. The summed E-state index contributed by atoms with van der Waals surface area (Å²) in [6.45, 7) is -0.932. The zero-order valence-electron chi connectivity index (χ0n) is 10.9. The van der Waals surface area contributed by atoms with E-state index < -0.39 is 30.7 Å². The SMILES string of the molecule is O=C(c1cc2ccccc2o1)N1CCC(O)(C(F)(F)F)C1. The monoisotopic (exact) mass is 299 g/mol.